The number of nitriles is 1. The number of amides is 3. The molecule has 3 fully saturated rings. The van der Waals surface area contributed by atoms with Crippen LogP contribution in [0.4, 0.5) is 15.8 Å². The summed E-state index contributed by atoms with van der Waals surface area (Å²) in [5.74, 6) is -0.821. The van der Waals surface area contributed by atoms with Crippen LogP contribution >= 0.6 is 23.8 Å². The van der Waals surface area contributed by atoms with Gasteiger partial charge in [-0.1, -0.05) is 31.5 Å². The zero-order valence-electron chi connectivity index (χ0n) is 33.8. The van der Waals surface area contributed by atoms with E-state index in [0.29, 0.717) is 53.5 Å². The standard InChI is InChI=1S/C44H50ClFN6O5S/c1-26(2)37-20-35(52-43(58)51(42(56)44(52,5)6)34-9-7-32(22-47)38(45)21-34)10-11-39(37)57-14-13-49-23-27(3)50(28(4)24-49)25-36(53)19-30-15-29(17-33(46)18-30)16-31-8-12-40(54)48-41(31)55/h7,9-11,15,17-18,20-21,26-28,31H,8,12-14,16,19,23-25H2,1-6H3,(H,48,54,55)/t27-,28+,31?. The second-order valence-electron chi connectivity index (χ2n) is 16.5. The first-order valence-corrected chi connectivity index (χ1v) is 20.5. The molecule has 0 radical (unpaired) electrons. The molecule has 0 saturated carbocycles. The van der Waals surface area contributed by atoms with E-state index in [1.807, 2.05) is 43.0 Å². The third-order valence-electron chi connectivity index (χ3n) is 11.3. The largest absolute Gasteiger partial charge is 0.492 e. The van der Waals surface area contributed by atoms with Crippen LogP contribution in [0.3, 0.4) is 0 Å². The van der Waals surface area contributed by atoms with Crippen LogP contribution < -0.4 is 19.9 Å². The topological polar surface area (TPSA) is 126 Å². The number of halogens is 2. The van der Waals surface area contributed by atoms with E-state index >= 15 is 0 Å². The van der Waals surface area contributed by atoms with Gasteiger partial charge in [0.15, 0.2) is 10.9 Å². The maximum atomic E-state index is 14.6. The number of benzene rings is 3. The predicted molar refractivity (Wildman–Crippen MR) is 226 cm³/mol. The first-order valence-electron chi connectivity index (χ1n) is 19.7. The van der Waals surface area contributed by atoms with Crippen molar-refractivity contribution in [3.8, 4) is 11.8 Å². The van der Waals surface area contributed by atoms with Gasteiger partial charge in [-0.05, 0) is 124 Å². The highest BCUT2D eigenvalue weighted by Crippen LogP contribution is 2.40. The molecule has 1 unspecified atom stereocenters. The van der Waals surface area contributed by atoms with Gasteiger partial charge in [0.25, 0.3) is 5.91 Å². The highest BCUT2D eigenvalue weighted by molar-refractivity contribution is 7.81. The number of piperidine rings is 1. The van der Waals surface area contributed by atoms with Crippen molar-refractivity contribution in [3.63, 3.8) is 0 Å². The zero-order chi connectivity index (χ0) is 42.1. The monoisotopic (exact) mass is 828 g/mol. The molecule has 0 aliphatic carbocycles. The molecular formula is C44H50ClFN6O5S. The highest BCUT2D eigenvalue weighted by atomic mass is 35.5. The number of carbonyl (C=O) groups is 4. The van der Waals surface area contributed by atoms with Gasteiger partial charge < -0.3 is 9.64 Å². The second kappa shape index (κ2) is 17.6. The molecule has 58 heavy (non-hydrogen) atoms. The lowest BCUT2D eigenvalue weighted by Gasteiger charge is -2.44. The number of ketones is 1. The number of thiocarbonyl (C=S) groups is 1. The van der Waals surface area contributed by atoms with Crippen LogP contribution in [-0.2, 0) is 32.0 Å². The molecule has 3 aromatic rings. The summed E-state index contributed by atoms with van der Waals surface area (Å²) in [6.07, 6.45) is 1.09. The van der Waals surface area contributed by atoms with Gasteiger partial charge in [-0.2, -0.15) is 5.26 Å². The molecule has 0 aromatic heterocycles. The van der Waals surface area contributed by atoms with Gasteiger partial charge in [0.2, 0.25) is 11.8 Å². The zero-order valence-corrected chi connectivity index (χ0v) is 35.4. The Balaban J connectivity index is 1.04. The molecule has 0 bridgehead atoms. The van der Waals surface area contributed by atoms with Crippen LogP contribution in [0.1, 0.15) is 82.6 Å². The Morgan fingerprint density at radius 3 is 2.38 bits per heavy atom. The number of hydrogen-bond acceptors (Lipinski definition) is 9. The fourth-order valence-electron chi connectivity index (χ4n) is 8.33. The second-order valence-corrected chi connectivity index (χ2v) is 17.3. The molecule has 3 atom stereocenters. The van der Waals surface area contributed by atoms with Crippen LogP contribution in [-0.4, -0.2) is 88.8 Å². The molecule has 3 heterocycles. The Kier molecular flexibility index (Phi) is 13.0. The number of imide groups is 1. The summed E-state index contributed by atoms with van der Waals surface area (Å²) in [6, 6.07) is 17.5. The summed E-state index contributed by atoms with van der Waals surface area (Å²) in [5, 5.41) is 12.2. The first kappa shape index (κ1) is 42.9. The quantitative estimate of drug-likeness (QED) is 0.149. The number of anilines is 2. The van der Waals surface area contributed by atoms with Crippen molar-refractivity contribution in [1.82, 2.24) is 15.1 Å². The Bertz CT molecular complexity index is 2160. The lowest BCUT2D eigenvalue weighted by Crippen LogP contribution is -2.58. The van der Waals surface area contributed by atoms with Gasteiger partial charge in [-0.25, -0.2) is 4.39 Å². The lowest BCUT2D eigenvalue weighted by molar-refractivity contribution is -0.136. The van der Waals surface area contributed by atoms with Crippen molar-refractivity contribution in [2.75, 3.05) is 42.6 Å². The van der Waals surface area contributed by atoms with Crippen LogP contribution in [0.15, 0.2) is 54.6 Å². The summed E-state index contributed by atoms with van der Waals surface area (Å²) < 4.78 is 21.0. The Morgan fingerprint density at radius 1 is 1.03 bits per heavy atom. The molecule has 1 N–H and O–H groups in total. The van der Waals surface area contributed by atoms with Crippen molar-refractivity contribution in [1.29, 1.82) is 5.26 Å². The number of carbonyl (C=O) groups excluding carboxylic acids is 4. The molecule has 306 valence electrons. The Hall–Kier alpha value is -4.74. The number of ether oxygens (including phenoxy) is 1. The maximum absolute atomic E-state index is 14.6. The normalized spacial score (nSPS) is 21.4. The lowest BCUT2D eigenvalue weighted by atomic mass is 9.90. The number of rotatable bonds is 13. The molecule has 0 spiro atoms. The van der Waals surface area contributed by atoms with E-state index < -0.39 is 17.3 Å². The summed E-state index contributed by atoms with van der Waals surface area (Å²) in [5.41, 5.74) is 2.79. The van der Waals surface area contributed by atoms with E-state index in [1.165, 1.54) is 17.0 Å². The van der Waals surface area contributed by atoms with Gasteiger partial charge in [0.05, 0.1) is 22.8 Å². The third kappa shape index (κ3) is 9.26. The van der Waals surface area contributed by atoms with Crippen LogP contribution in [0.5, 0.6) is 5.75 Å². The first-order chi connectivity index (χ1) is 27.5. The Morgan fingerprint density at radius 2 is 1.72 bits per heavy atom. The summed E-state index contributed by atoms with van der Waals surface area (Å²) in [6.45, 7) is 15.0. The van der Waals surface area contributed by atoms with Crippen LogP contribution in [0.25, 0.3) is 0 Å². The van der Waals surface area contributed by atoms with E-state index in [-0.39, 0.29) is 65.9 Å². The molecule has 3 aliphatic heterocycles. The van der Waals surface area contributed by atoms with Crippen molar-refractivity contribution in [2.45, 2.75) is 90.8 Å². The number of Topliss-reactive ketones (excluding diaryl/α,β-unsaturated/α-hetero) is 1. The number of nitrogens with zero attached hydrogens (tertiary/aromatic N) is 5. The third-order valence-corrected chi connectivity index (χ3v) is 12.0. The van der Waals surface area contributed by atoms with Crippen molar-refractivity contribution >= 4 is 63.8 Å². The molecule has 3 amide bonds. The maximum Gasteiger partial charge on any atom is 0.259 e. The summed E-state index contributed by atoms with van der Waals surface area (Å²) in [4.78, 5) is 58.7. The average molecular weight is 829 g/mol. The predicted octanol–water partition coefficient (Wildman–Crippen LogP) is 6.57. The molecule has 3 aliphatic rings. The SMILES string of the molecule is CC(C)c1cc(N2C(=S)N(c3ccc(C#N)c(Cl)c3)C(=O)C2(C)C)ccc1OCCN1C[C@@H](C)N(CC(=O)Cc2cc(F)cc(CC3CCC(=O)NC3=O)c2)[C@@H](C)C1. The van der Waals surface area contributed by atoms with Crippen LogP contribution in [0, 0.1) is 23.1 Å². The van der Waals surface area contributed by atoms with Crippen molar-refractivity contribution in [3.05, 3.63) is 87.7 Å². The van der Waals surface area contributed by atoms with Gasteiger partial charge in [0.1, 0.15) is 29.8 Å². The smallest absolute Gasteiger partial charge is 0.259 e. The summed E-state index contributed by atoms with van der Waals surface area (Å²) in [7, 11) is 0. The fraction of sp³-hybridized carbons (Fsp3) is 0.455. The molecule has 3 aromatic carbocycles. The summed E-state index contributed by atoms with van der Waals surface area (Å²) >= 11 is 12.2. The molecule has 6 rings (SSSR count). The number of nitrogens with one attached hydrogen (secondary N) is 1. The minimum absolute atomic E-state index is 0.00786. The fourth-order valence-corrected chi connectivity index (χ4v) is 9.07. The minimum atomic E-state index is -0.989. The van der Waals surface area contributed by atoms with E-state index in [9.17, 15) is 28.8 Å². The Labute approximate surface area is 350 Å². The highest BCUT2D eigenvalue weighted by Gasteiger charge is 2.50. The van der Waals surface area contributed by atoms with Gasteiger partial charge in [-0.3, -0.25) is 39.2 Å². The molecule has 14 heteroatoms. The molecule has 3 saturated heterocycles. The van der Waals surface area contributed by atoms with E-state index in [1.54, 1.807) is 24.3 Å². The van der Waals surface area contributed by atoms with E-state index in [4.69, 9.17) is 28.6 Å². The average Bonchev–Trinajstić information content (AvgIpc) is 3.32. The van der Waals surface area contributed by atoms with Crippen molar-refractivity contribution in [2.24, 2.45) is 5.92 Å². The number of piperazine rings is 1. The number of hydrogen-bond donors (Lipinski definition) is 1. The van der Waals surface area contributed by atoms with Gasteiger partial charge >= 0.3 is 0 Å². The van der Waals surface area contributed by atoms with E-state index in [0.717, 1.165) is 30.1 Å². The molecule has 11 nitrogen and oxygen atoms in total. The van der Waals surface area contributed by atoms with Gasteiger partial charge in [0, 0.05) is 56.2 Å². The van der Waals surface area contributed by atoms with E-state index in [2.05, 4.69) is 42.8 Å². The molecular weight excluding hydrogens is 779 g/mol. The van der Waals surface area contributed by atoms with Crippen LogP contribution in [0.2, 0.25) is 5.02 Å². The van der Waals surface area contributed by atoms with Gasteiger partial charge in [-0.15, -0.1) is 0 Å². The minimum Gasteiger partial charge on any atom is -0.492 e. The van der Waals surface area contributed by atoms with Crippen molar-refractivity contribution < 1.29 is 28.3 Å².